The topological polar surface area (TPSA) is 82.7 Å². The summed E-state index contributed by atoms with van der Waals surface area (Å²) in [7, 11) is 0. The first-order valence-corrected chi connectivity index (χ1v) is 10.6. The average Bonchev–Trinajstić information content (AvgIpc) is 3.28. The molecule has 8 heteroatoms. The van der Waals surface area contributed by atoms with E-state index in [2.05, 4.69) is 14.9 Å². The van der Waals surface area contributed by atoms with E-state index in [1.807, 2.05) is 36.3 Å². The van der Waals surface area contributed by atoms with E-state index in [1.165, 1.54) is 11.8 Å². The van der Waals surface area contributed by atoms with Crippen LogP contribution in [0.25, 0.3) is 11.6 Å². The summed E-state index contributed by atoms with van der Waals surface area (Å²) >= 11 is 1.44. The van der Waals surface area contributed by atoms with E-state index in [4.69, 9.17) is 4.42 Å². The smallest absolute Gasteiger partial charge is 0.258 e. The Morgan fingerprint density at radius 1 is 1.10 bits per heavy atom. The highest BCUT2D eigenvalue weighted by Gasteiger charge is 2.27. The van der Waals surface area contributed by atoms with E-state index < -0.39 is 0 Å². The lowest BCUT2D eigenvalue weighted by Crippen LogP contribution is -2.49. The number of phenolic OH excluding ortho intramolecular Hbond substituents is 1. The van der Waals surface area contributed by atoms with Crippen LogP contribution in [0.4, 0.5) is 5.69 Å². The Balaban J connectivity index is 1.52. The molecule has 2 aromatic heterocycles. The number of anilines is 1. The molecule has 1 amide bonds. The van der Waals surface area contributed by atoms with Gasteiger partial charge >= 0.3 is 0 Å². The van der Waals surface area contributed by atoms with Gasteiger partial charge in [-0.1, -0.05) is 0 Å². The largest absolute Gasteiger partial charge is 0.508 e. The number of thioether (sulfide) groups is 1. The van der Waals surface area contributed by atoms with Crippen molar-refractivity contribution in [1.29, 1.82) is 0 Å². The minimum absolute atomic E-state index is 0.0387. The van der Waals surface area contributed by atoms with Crippen molar-refractivity contribution in [3.05, 3.63) is 53.9 Å². The van der Waals surface area contributed by atoms with E-state index in [1.54, 1.807) is 24.5 Å². The van der Waals surface area contributed by atoms with E-state index in [0.717, 1.165) is 18.8 Å². The van der Waals surface area contributed by atoms with Crippen molar-refractivity contribution < 1.29 is 14.3 Å². The Morgan fingerprint density at radius 3 is 2.45 bits per heavy atom. The van der Waals surface area contributed by atoms with Gasteiger partial charge in [0.2, 0.25) is 0 Å². The number of benzene rings is 1. The number of hydrogen-bond donors (Lipinski definition) is 1. The fraction of sp³-hybridized carbons (Fsp3) is 0.286. The summed E-state index contributed by atoms with van der Waals surface area (Å²) in [6, 6.07) is 10.7. The first-order valence-electron chi connectivity index (χ1n) is 9.36. The lowest BCUT2D eigenvalue weighted by atomic mass is 10.1. The molecule has 3 aromatic rings. The van der Waals surface area contributed by atoms with Gasteiger partial charge in [0.05, 0.1) is 17.5 Å². The number of aromatic nitrogens is 2. The van der Waals surface area contributed by atoms with Crippen LogP contribution in [0.15, 0.2) is 52.1 Å². The maximum Gasteiger partial charge on any atom is 0.258 e. The van der Waals surface area contributed by atoms with Crippen LogP contribution in [0.2, 0.25) is 0 Å². The molecule has 0 unspecified atom stereocenters. The molecule has 0 spiro atoms. The molecule has 1 aliphatic rings. The quantitative estimate of drug-likeness (QED) is 0.521. The number of nitrogens with zero attached hydrogens (tertiary/aromatic N) is 4. The van der Waals surface area contributed by atoms with Gasteiger partial charge < -0.3 is 19.3 Å². The molecule has 0 atom stereocenters. The van der Waals surface area contributed by atoms with Crippen LogP contribution in [0.5, 0.6) is 5.75 Å². The lowest BCUT2D eigenvalue weighted by molar-refractivity contribution is 0.0741. The summed E-state index contributed by atoms with van der Waals surface area (Å²) in [6.45, 7) is 4.54. The Kier molecular flexibility index (Phi) is 5.44. The molecular weight excluding hydrogens is 388 g/mol. The molecule has 150 valence electrons. The summed E-state index contributed by atoms with van der Waals surface area (Å²) in [6.07, 6.45) is 3.49. The van der Waals surface area contributed by atoms with Crippen LogP contribution in [0.1, 0.15) is 16.1 Å². The number of aryl methyl sites for hydroxylation is 1. The zero-order valence-corrected chi connectivity index (χ0v) is 17.1. The summed E-state index contributed by atoms with van der Waals surface area (Å²) in [5.41, 5.74) is 2.26. The molecule has 0 bridgehead atoms. The van der Waals surface area contributed by atoms with Gasteiger partial charge in [-0.3, -0.25) is 4.79 Å². The van der Waals surface area contributed by atoms with Gasteiger partial charge in [-0.05, 0) is 49.6 Å². The third-order valence-corrected chi connectivity index (χ3v) is 5.67. The Bertz CT molecular complexity index is 998. The molecule has 1 saturated heterocycles. The number of amides is 1. The summed E-state index contributed by atoms with van der Waals surface area (Å²) in [5, 5.41) is 10.1. The number of phenols is 1. The molecule has 0 radical (unpaired) electrons. The fourth-order valence-corrected chi connectivity index (χ4v) is 4.06. The molecule has 1 N–H and O–H groups in total. The number of hydrogen-bond acceptors (Lipinski definition) is 7. The van der Waals surface area contributed by atoms with Gasteiger partial charge in [0.1, 0.15) is 10.8 Å². The van der Waals surface area contributed by atoms with E-state index in [0.29, 0.717) is 41.0 Å². The second-order valence-electron chi connectivity index (χ2n) is 6.79. The molecule has 1 aromatic carbocycles. The van der Waals surface area contributed by atoms with Crippen LogP contribution in [0, 0.1) is 6.92 Å². The van der Waals surface area contributed by atoms with Crippen molar-refractivity contribution in [3.8, 4) is 17.3 Å². The maximum absolute atomic E-state index is 13.2. The van der Waals surface area contributed by atoms with Crippen molar-refractivity contribution in [2.45, 2.75) is 11.9 Å². The zero-order valence-electron chi connectivity index (χ0n) is 16.3. The van der Waals surface area contributed by atoms with Crippen LogP contribution in [-0.4, -0.2) is 58.3 Å². The monoisotopic (exact) mass is 410 g/mol. The highest BCUT2D eigenvalue weighted by Crippen LogP contribution is 2.27. The standard InChI is InChI=1S/C21H22N4O3S/c1-14-18(20(29-2)23-19(22-14)17-4-3-13-28-17)21(27)25-11-9-24(10-12-25)15-5-7-16(26)8-6-15/h3-8,13,26H,9-12H2,1-2H3. The van der Waals surface area contributed by atoms with Crippen LogP contribution < -0.4 is 4.90 Å². The van der Waals surface area contributed by atoms with E-state index in [9.17, 15) is 9.90 Å². The minimum Gasteiger partial charge on any atom is -0.508 e. The molecule has 4 rings (SSSR count). The predicted molar refractivity (Wildman–Crippen MR) is 112 cm³/mol. The van der Waals surface area contributed by atoms with Gasteiger partial charge in [0, 0.05) is 31.9 Å². The normalized spacial score (nSPS) is 14.3. The Hall–Kier alpha value is -3.00. The Morgan fingerprint density at radius 2 is 1.83 bits per heavy atom. The molecular formula is C21H22N4O3S. The van der Waals surface area contributed by atoms with Gasteiger partial charge in [-0.25, -0.2) is 9.97 Å². The average molecular weight is 410 g/mol. The second kappa shape index (κ2) is 8.16. The predicted octanol–water partition coefficient (Wildman–Crippen LogP) is 3.43. The number of rotatable bonds is 4. The Labute approximate surface area is 173 Å². The summed E-state index contributed by atoms with van der Waals surface area (Å²) in [5.74, 6) is 1.29. The molecule has 7 nitrogen and oxygen atoms in total. The van der Waals surface area contributed by atoms with Crippen molar-refractivity contribution in [3.63, 3.8) is 0 Å². The first-order chi connectivity index (χ1) is 14.1. The summed E-state index contributed by atoms with van der Waals surface area (Å²) in [4.78, 5) is 26.4. The van der Waals surface area contributed by atoms with Gasteiger partial charge in [-0.2, -0.15) is 0 Å². The van der Waals surface area contributed by atoms with Crippen molar-refractivity contribution >= 4 is 23.4 Å². The maximum atomic E-state index is 13.2. The molecule has 1 fully saturated rings. The lowest BCUT2D eigenvalue weighted by Gasteiger charge is -2.36. The number of furan rings is 1. The molecule has 1 aliphatic heterocycles. The molecule has 29 heavy (non-hydrogen) atoms. The number of carbonyl (C=O) groups is 1. The minimum atomic E-state index is -0.0387. The number of carbonyl (C=O) groups excluding carboxylic acids is 1. The SMILES string of the molecule is CSc1nc(-c2ccco2)nc(C)c1C(=O)N1CCN(c2ccc(O)cc2)CC1. The number of aromatic hydroxyl groups is 1. The van der Waals surface area contributed by atoms with E-state index in [-0.39, 0.29) is 11.7 Å². The van der Waals surface area contributed by atoms with Gasteiger partial charge in [0.15, 0.2) is 11.6 Å². The van der Waals surface area contributed by atoms with Crippen LogP contribution >= 0.6 is 11.8 Å². The third-order valence-electron chi connectivity index (χ3n) is 4.99. The summed E-state index contributed by atoms with van der Waals surface area (Å²) < 4.78 is 5.40. The van der Waals surface area contributed by atoms with Crippen LogP contribution in [0.3, 0.4) is 0 Å². The van der Waals surface area contributed by atoms with Gasteiger partial charge in [0.25, 0.3) is 5.91 Å². The molecule has 0 aliphatic carbocycles. The zero-order chi connectivity index (χ0) is 20.4. The molecule has 3 heterocycles. The van der Waals surface area contributed by atoms with Crippen molar-refractivity contribution in [1.82, 2.24) is 14.9 Å². The second-order valence-corrected chi connectivity index (χ2v) is 7.58. The van der Waals surface area contributed by atoms with Crippen molar-refractivity contribution in [2.75, 3.05) is 37.3 Å². The van der Waals surface area contributed by atoms with E-state index >= 15 is 0 Å². The first kappa shape index (κ1) is 19.3. The van der Waals surface area contributed by atoms with Crippen LogP contribution in [-0.2, 0) is 0 Å². The highest BCUT2D eigenvalue weighted by atomic mass is 32.2. The van der Waals surface area contributed by atoms with Gasteiger partial charge in [-0.15, -0.1) is 11.8 Å². The highest BCUT2D eigenvalue weighted by molar-refractivity contribution is 7.98. The van der Waals surface area contributed by atoms with Crippen molar-refractivity contribution in [2.24, 2.45) is 0 Å². The third kappa shape index (κ3) is 3.93. The number of piperazine rings is 1. The fourth-order valence-electron chi connectivity index (χ4n) is 3.45. The molecule has 0 saturated carbocycles.